The van der Waals surface area contributed by atoms with Gasteiger partial charge in [-0.1, -0.05) is 0 Å². The molecule has 0 aliphatic carbocycles. The molecule has 0 rings (SSSR count). The van der Waals surface area contributed by atoms with Crippen molar-refractivity contribution in [2.45, 2.75) is 6.92 Å². The summed E-state index contributed by atoms with van der Waals surface area (Å²) in [6.45, 7) is 1.44. The molecule has 0 aromatic heterocycles. The number of hydrogen-bond donors (Lipinski definition) is 0. The summed E-state index contributed by atoms with van der Waals surface area (Å²) in [6.07, 6.45) is 0. The van der Waals surface area contributed by atoms with Crippen LogP contribution in [0.1, 0.15) is 6.92 Å². The third-order valence-corrected chi connectivity index (χ3v) is 1.05. The molecule has 1 amide bonds. The topological polar surface area (TPSA) is 29.4 Å². The van der Waals surface area contributed by atoms with Crippen molar-refractivity contribution in [3.05, 3.63) is 0 Å². The summed E-state index contributed by atoms with van der Waals surface area (Å²) in [5.74, 6) is -0.0833. The van der Waals surface area contributed by atoms with E-state index in [-0.39, 0.29) is 5.91 Å². The fourth-order valence-corrected chi connectivity index (χ4v) is 0. The maximum atomic E-state index is 9.67. The second-order valence-corrected chi connectivity index (χ2v) is 1.27. The first kappa shape index (κ1) is 5.16. The van der Waals surface area contributed by atoms with E-state index >= 15 is 0 Å². The van der Waals surface area contributed by atoms with Crippen LogP contribution in [-0.4, -0.2) is 5.91 Å². The summed E-state index contributed by atoms with van der Waals surface area (Å²) in [5.41, 5.74) is 0. The fourth-order valence-electron chi connectivity index (χ4n) is 0. The van der Waals surface area contributed by atoms with Crippen LogP contribution < -0.4 is 0 Å². The van der Waals surface area contributed by atoms with Crippen LogP contribution in [0.3, 0.4) is 0 Å². The minimum absolute atomic E-state index is 0.0833. The van der Waals surface area contributed by atoms with Gasteiger partial charge in [0.05, 0.1) is 0 Å². The van der Waals surface area contributed by atoms with Gasteiger partial charge < -0.3 is 0 Å². The molecule has 0 N–H and O–H groups in total. The van der Waals surface area contributed by atoms with Gasteiger partial charge in [-0.15, -0.1) is 0 Å². The van der Waals surface area contributed by atoms with Crippen molar-refractivity contribution >= 4 is 5.91 Å². The Balaban J connectivity index is 3.20. The molecule has 0 radical (unpaired) electrons. The Hall–Kier alpha value is 0.158. The summed E-state index contributed by atoms with van der Waals surface area (Å²) < 4.78 is 3.33. The third kappa shape index (κ3) is 4.16. The Morgan fingerprint density at radius 1 is 2.00 bits per heavy atom. The molecule has 0 aliphatic rings. The standard InChI is InChI=1S/C2H3NO.W/c1-2(3)4;/h1H3;. The molecule has 3 heteroatoms. The van der Waals surface area contributed by atoms with Crippen molar-refractivity contribution in [3.63, 3.8) is 0 Å². The van der Waals surface area contributed by atoms with Crippen LogP contribution in [0.5, 0.6) is 0 Å². The predicted molar refractivity (Wildman–Crippen MR) is 13.1 cm³/mol. The normalized spacial score (nSPS) is 6.60. The van der Waals surface area contributed by atoms with Crippen LogP contribution in [0.15, 0.2) is 3.50 Å². The zero-order valence-electron chi connectivity index (χ0n) is 2.76. The number of carbonyl (C=O) groups excluding carboxylic acids is 1. The van der Waals surface area contributed by atoms with Crippen LogP contribution in [0.2, 0.25) is 0 Å². The fraction of sp³-hybridized carbons (Fsp3) is 0.500. The van der Waals surface area contributed by atoms with Crippen LogP contribution >= 0.6 is 0 Å². The van der Waals surface area contributed by atoms with Crippen molar-refractivity contribution < 1.29 is 24.4 Å². The SMILES string of the molecule is CC(=O)[N]=[W]. The number of carbonyl (C=O) groups is 1. The Bertz CT molecular complexity index is 60.7. The molecule has 0 aliphatic heterocycles. The van der Waals surface area contributed by atoms with Gasteiger partial charge in [0, 0.05) is 0 Å². The third-order valence-electron chi connectivity index (χ3n) is 0.129. The first-order valence-electron chi connectivity index (χ1n) is 1.11. The van der Waals surface area contributed by atoms with Crippen LogP contribution in [-0.2, 0) is 24.4 Å². The van der Waals surface area contributed by atoms with Gasteiger partial charge in [0.15, 0.2) is 0 Å². The molecule has 2 nitrogen and oxygen atoms in total. The van der Waals surface area contributed by atoms with Crippen molar-refractivity contribution in [1.29, 1.82) is 0 Å². The van der Waals surface area contributed by atoms with Gasteiger partial charge >= 0.3 is 40.8 Å². The summed E-state index contributed by atoms with van der Waals surface area (Å²) in [4.78, 5) is 9.67. The van der Waals surface area contributed by atoms with Crippen LogP contribution in [0.25, 0.3) is 0 Å². The predicted octanol–water partition coefficient (Wildman–Crippen LogP) is 0.263. The zero-order valence-corrected chi connectivity index (χ0v) is 5.70. The second kappa shape index (κ2) is 2.40. The first-order chi connectivity index (χ1) is 2.27. The molecule has 0 spiro atoms. The number of amides is 1. The van der Waals surface area contributed by atoms with E-state index in [0.29, 0.717) is 0 Å². The van der Waals surface area contributed by atoms with E-state index in [0.717, 1.165) is 19.6 Å². The molecule has 5 heavy (non-hydrogen) atoms. The molecule has 0 bridgehead atoms. The molecule has 0 saturated carbocycles. The van der Waals surface area contributed by atoms with Crippen LogP contribution in [0.4, 0.5) is 0 Å². The quantitative estimate of drug-likeness (QED) is 0.598. The summed E-state index contributed by atoms with van der Waals surface area (Å²) in [5, 5.41) is 0. The molecule has 28 valence electrons. The van der Waals surface area contributed by atoms with Crippen molar-refractivity contribution in [2.75, 3.05) is 0 Å². The van der Waals surface area contributed by atoms with Crippen LogP contribution in [0, 0.1) is 0 Å². The summed E-state index contributed by atoms with van der Waals surface area (Å²) in [7, 11) is 0. The van der Waals surface area contributed by atoms with Gasteiger partial charge in [-0.3, -0.25) is 0 Å². The molecule has 0 atom stereocenters. The molecule has 0 aromatic carbocycles. The van der Waals surface area contributed by atoms with E-state index in [9.17, 15) is 4.79 Å². The molecule has 0 fully saturated rings. The molecule has 0 heterocycles. The monoisotopic (exact) mass is 241 g/mol. The van der Waals surface area contributed by atoms with Crippen molar-refractivity contribution in [2.24, 2.45) is 3.50 Å². The van der Waals surface area contributed by atoms with Gasteiger partial charge in [-0.2, -0.15) is 0 Å². The summed E-state index contributed by atoms with van der Waals surface area (Å²) in [6, 6.07) is 0. The van der Waals surface area contributed by atoms with E-state index < -0.39 is 0 Å². The Kier molecular flexibility index (Phi) is 2.47. The van der Waals surface area contributed by atoms with E-state index in [1.54, 1.807) is 0 Å². The number of rotatable bonds is 0. The van der Waals surface area contributed by atoms with Gasteiger partial charge in [0.25, 0.3) is 0 Å². The van der Waals surface area contributed by atoms with Gasteiger partial charge in [0.2, 0.25) is 0 Å². The molecular weight excluding hydrogens is 238 g/mol. The van der Waals surface area contributed by atoms with Gasteiger partial charge in [-0.25, -0.2) is 0 Å². The second-order valence-electron chi connectivity index (χ2n) is 0.610. The number of nitrogens with zero attached hydrogens (tertiary/aromatic N) is 1. The molecule has 0 unspecified atom stereocenters. The molecule has 0 saturated heterocycles. The van der Waals surface area contributed by atoms with E-state index in [1.807, 2.05) is 0 Å². The minimum atomic E-state index is -0.0833. The van der Waals surface area contributed by atoms with Gasteiger partial charge in [0.1, 0.15) is 0 Å². The van der Waals surface area contributed by atoms with E-state index in [2.05, 4.69) is 3.50 Å². The maximum absolute atomic E-state index is 9.67. The zero-order chi connectivity index (χ0) is 4.28. The Labute approximate surface area is 41.3 Å². The average molecular weight is 241 g/mol. The summed E-state index contributed by atoms with van der Waals surface area (Å²) >= 11 is 0.979. The first-order valence-corrected chi connectivity index (χ1v) is 2.42. The van der Waals surface area contributed by atoms with Crippen molar-refractivity contribution in [1.82, 2.24) is 0 Å². The van der Waals surface area contributed by atoms with Gasteiger partial charge in [-0.05, 0) is 0 Å². The van der Waals surface area contributed by atoms with Crippen molar-refractivity contribution in [3.8, 4) is 0 Å². The molecular formula is C2H3NOW. The average Bonchev–Trinajstić information content (AvgIpc) is 1.38. The van der Waals surface area contributed by atoms with E-state index in [1.165, 1.54) is 6.92 Å². The van der Waals surface area contributed by atoms with E-state index in [4.69, 9.17) is 0 Å². The molecule has 0 aromatic rings. The Morgan fingerprint density at radius 2 is 2.20 bits per heavy atom. The Morgan fingerprint density at radius 3 is 2.20 bits per heavy atom. The number of hydrogen-bond acceptors (Lipinski definition) is 1.